The molecule has 3 saturated heterocycles. The molecule has 39 nitrogen and oxygen atoms in total. The van der Waals surface area contributed by atoms with Crippen LogP contribution in [0.4, 0.5) is 15.8 Å². The number of piperidine rings is 3. The van der Waals surface area contributed by atoms with Crippen LogP contribution in [0.2, 0.25) is 0 Å². The van der Waals surface area contributed by atoms with E-state index in [1.165, 1.54) is 18.2 Å². The van der Waals surface area contributed by atoms with Gasteiger partial charge >= 0.3 is 17.9 Å². The van der Waals surface area contributed by atoms with Crippen LogP contribution in [0, 0.1) is 5.82 Å². The van der Waals surface area contributed by atoms with E-state index < -0.39 is 112 Å². The molecule has 0 radical (unpaired) electrons. The Balaban J connectivity index is 0.000000259. The molecule has 3 aromatic rings. The number of hydrogen-bond donors (Lipinski definition) is 7. The summed E-state index contributed by atoms with van der Waals surface area (Å²) < 4.78 is 88.2. The zero-order chi connectivity index (χ0) is 87.6. The van der Waals surface area contributed by atoms with Gasteiger partial charge in [0, 0.05) is 50.3 Å². The number of nitrogens with one attached hydrogen (secondary N) is 5. The first-order valence-electron chi connectivity index (χ1n) is 39.4. The second kappa shape index (κ2) is 52.2. The van der Waals surface area contributed by atoms with Gasteiger partial charge in [-0.25, -0.2) is 4.39 Å². The van der Waals surface area contributed by atoms with Gasteiger partial charge in [-0.05, 0) is 97.2 Å². The highest BCUT2D eigenvalue weighted by atomic mass is 19.1. The minimum Gasteiger partial charge on any atom is -0.481 e. The van der Waals surface area contributed by atoms with Crippen molar-refractivity contribution in [3.63, 3.8) is 0 Å². The van der Waals surface area contributed by atoms with E-state index >= 15 is 0 Å². The summed E-state index contributed by atoms with van der Waals surface area (Å²) in [6.07, 6.45) is 0.840. The number of amides is 12. The number of anilines is 2. The first-order chi connectivity index (χ1) is 57.4. The lowest BCUT2D eigenvalue weighted by Gasteiger charge is -2.27. The zero-order valence-electron chi connectivity index (χ0n) is 68.5. The third-order valence-corrected chi connectivity index (χ3v) is 17.3. The van der Waals surface area contributed by atoms with Gasteiger partial charge in [-0.3, -0.25) is 103 Å². The first kappa shape index (κ1) is 98.7. The maximum Gasteiger partial charge on any atom is 0.308 e. The number of carboxylic acids is 1. The molecule has 0 spiro atoms. The van der Waals surface area contributed by atoms with Gasteiger partial charge in [0.05, 0.1) is 211 Å². The number of nitrogens with zero attached hydrogens (tertiary/aromatic N) is 3. The standard InChI is InChI=1S/C28H39N3O10.C24H31N3O10.C15H31NO6.C13H9FN2O4/c1-28(2,3)41-23(33)9-11-37-13-15-39-17-18-40-16-14-38-12-10-29-20-6-4-5-19-24(20)27(36)31(26(19)35)21-7-8-22(32)30-25(21)34;28-19-5-4-18(22(31)26-19)27-23(32)16-2-1-3-17(21(16)24(27)33)25-7-9-35-11-13-37-15-14-36-12-10-34-8-6-20(29)30;1-15(2,3)22-14(17)4-6-18-8-10-20-12-13-21-11-9-19-7-5-16;14-7-3-1-2-6-10(7)13(20)16(12(6)19)8-4-5-9(17)15-11(8)18/h4-6,21,29H,7-18H2,1-3H3,(H,30,32,34);1-3,18,25H,4-15H2,(H,29,30)(H,26,28,31);4-13,16H2,1-3H3;1-3,8H,4-5H2,(H,15,17,18). The Morgan fingerprint density at radius 1 is 0.383 bits per heavy atom. The maximum absolute atomic E-state index is 13.7. The van der Waals surface area contributed by atoms with Crippen LogP contribution in [-0.4, -0.2) is 316 Å². The molecule has 6 aliphatic rings. The van der Waals surface area contributed by atoms with Crippen LogP contribution in [0.5, 0.6) is 0 Å². The molecule has 0 aliphatic carbocycles. The van der Waals surface area contributed by atoms with Crippen LogP contribution < -0.4 is 32.3 Å². The molecule has 6 aliphatic heterocycles. The van der Waals surface area contributed by atoms with E-state index in [1.54, 1.807) is 30.3 Å². The Kier molecular flexibility index (Phi) is 42.9. The number of carbonyl (C=O) groups excluding carboxylic acids is 14. The molecule has 12 amide bonds. The molecule has 3 fully saturated rings. The van der Waals surface area contributed by atoms with Crippen molar-refractivity contribution in [3.8, 4) is 0 Å². The maximum atomic E-state index is 13.7. The summed E-state index contributed by atoms with van der Waals surface area (Å²) in [4.78, 5) is 182. The zero-order valence-corrected chi connectivity index (χ0v) is 68.5. The summed E-state index contributed by atoms with van der Waals surface area (Å²) in [7, 11) is 0. The highest BCUT2D eigenvalue weighted by Crippen LogP contribution is 2.35. The number of imide groups is 6. The molecule has 3 unspecified atom stereocenters. The lowest BCUT2D eigenvalue weighted by molar-refractivity contribution is -0.157. The van der Waals surface area contributed by atoms with E-state index in [2.05, 4.69) is 26.6 Å². The molecule has 0 bridgehead atoms. The van der Waals surface area contributed by atoms with Crippen molar-refractivity contribution in [2.45, 2.75) is 129 Å². The van der Waals surface area contributed by atoms with Gasteiger partial charge in [-0.1, -0.05) is 18.2 Å². The number of fused-ring (bicyclic) bond motifs is 3. The van der Waals surface area contributed by atoms with Crippen molar-refractivity contribution < 1.29 is 148 Å². The van der Waals surface area contributed by atoms with Crippen molar-refractivity contribution in [3.05, 3.63) is 93.8 Å². The highest BCUT2D eigenvalue weighted by Gasteiger charge is 2.49. The van der Waals surface area contributed by atoms with Gasteiger partial charge in [0.2, 0.25) is 35.4 Å². The minimum atomic E-state index is -1.07. The molecule has 0 saturated carbocycles. The fraction of sp³-hybridized carbons (Fsp3) is 0.588. The second-order valence-corrected chi connectivity index (χ2v) is 28.8. The van der Waals surface area contributed by atoms with Gasteiger partial charge in [0.1, 0.15) is 35.1 Å². The van der Waals surface area contributed by atoms with Crippen molar-refractivity contribution in [2.75, 3.05) is 189 Å². The SMILES string of the molecule is CC(C)(C)OC(=O)CCOCCOCCOCCOCCN.CC(C)(C)OC(=O)CCOCCOCCOCCOCCNc1cccc2c1C(=O)N(C1CCC(=O)NC1=O)C2=O.O=C(O)CCOCCOCCOCCOCCNc1cccc2c1C(=O)N(C1CCC(=O)NC1=O)C2=O.O=C1CCC(N2C(=O)c3cccc(F)c3C2=O)C(=O)N1. The summed E-state index contributed by atoms with van der Waals surface area (Å²) in [5.74, 6) is -9.32. The van der Waals surface area contributed by atoms with Crippen molar-refractivity contribution >= 4 is 100 Å². The Morgan fingerprint density at radius 2 is 0.650 bits per heavy atom. The predicted octanol–water partition coefficient (Wildman–Crippen LogP) is 2.31. The number of hydrogen-bond acceptors (Lipinski definition) is 32. The number of aliphatic carboxylic acids is 1. The molecule has 3 aromatic carbocycles. The molecule has 9 rings (SSSR count). The molecular formula is C80H110FN9O30. The Hall–Kier alpha value is -10.1. The average Bonchev–Trinajstić information content (AvgIpc) is 1.62. The highest BCUT2D eigenvalue weighted by molar-refractivity contribution is 6.27. The molecule has 120 heavy (non-hydrogen) atoms. The monoisotopic (exact) mass is 1700 g/mol. The van der Waals surface area contributed by atoms with Gasteiger partial charge in [-0.15, -0.1) is 0 Å². The van der Waals surface area contributed by atoms with Crippen LogP contribution in [0.3, 0.4) is 0 Å². The lowest BCUT2D eigenvalue weighted by Crippen LogP contribution is -2.54. The number of ether oxygens (including phenoxy) is 14. The van der Waals surface area contributed by atoms with E-state index in [9.17, 15) is 76.3 Å². The van der Waals surface area contributed by atoms with Crippen molar-refractivity contribution in [1.29, 1.82) is 0 Å². The van der Waals surface area contributed by atoms with E-state index in [0.29, 0.717) is 176 Å². The van der Waals surface area contributed by atoms with Crippen LogP contribution in [0.1, 0.15) is 161 Å². The van der Waals surface area contributed by atoms with Gasteiger partial charge in [0.25, 0.3) is 35.4 Å². The van der Waals surface area contributed by atoms with Crippen LogP contribution in [-0.2, 0) is 109 Å². The number of nitrogens with two attached hydrogens (primary N) is 1. The van der Waals surface area contributed by atoms with Crippen LogP contribution in [0.15, 0.2) is 54.6 Å². The van der Waals surface area contributed by atoms with E-state index in [-0.39, 0.29) is 116 Å². The summed E-state index contributed by atoms with van der Waals surface area (Å²) in [6.45, 7) is 21.8. The summed E-state index contributed by atoms with van der Waals surface area (Å²) in [6, 6.07) is 10.4. The molecule has 6 heterocycles. The number of carboxylic acid groups (broad SMARTS) is 1. The number of esters is 2. The average molecular weight is 1700 g/mol. The molecule has 8 N–H and O–H groups in total. The van der Waals surface area contributed by atoms with Gasteiger partial charge in [0.15, 0.2) is 0 Å². The normalized spacial score (nSPS) is 16.9. The molecule has 662 valence electrons. The summed E-state index contributed by atoms with van der Waals surface area (Å²) >= 11 is 0. The molecule has 40 heteroatoms. The number of benzene rings is 3. The Labute approximate surface area is 692 Å². The third kappa shape index (κ3) is 33.5. The van der Waals surface area contributed by atoms with E-state index in [0.717, 1.165) is 20.8 Å². The molecular weight excluding hydrogens is 1590 g/mol. The quantitative estimate of drug-likeness (QED) is 0.0242. The smallest absolute Gasteiger partial charge is 0.308 e. The number of rotatable bonds is 49. The van der Waals surface area contributed by atoms with Crippen LogP contribution in [0.25, 0.3) is 0 Å². The Morgan fingerprint density at radius 3 is 0.933 bits per heavy atom. The van der Waals surface area contributed by atoms with Gasteiger partial charge in [-0.2, -0.15) is 0 Å². The number of carbonyl (C=O) groups is 15. The van der Waals surface area contributed by atoms with Crippen LogP contribution >= 0.6 is 0 Å². The lowest BCUT2D eigenvalue weighted by atomic mass is 10.0. The van der Waals surface area contributed by atoms with Crippen molar-refractivity contribution in [2.24, 2.45) is 5.73 Å². The summed E-state index contributed by atoms with van der Waals surface area (Å²) in [5, 5.41) is 21.1. The van der Waals surface area contributed by atoms with E-state index in [4.69, 9.17) is 77.2 Å². The Bertz CT molecular complexity index is 3980. The van der Waals surface area contributed by atoms with Crippen molar-refractivity contribution in [1.82, 2.24) is 30.7 Å². The fourth-order valence-electron chi connectivity index (χ4n) is 11.9. The fourth-order valence-corrected chi connectivity index (χ4v) is 11.9. The molecule has 0 aromatic heterocycles. The largest absolute Gasteiger partial charge is 0.481 e. The predicted molar refractivity (Wildman–Crippen MR) is 418 cm³/mol. The first-order valence-corrected chi connectivity index (χ1v) is 39.4. The van der Waals surface area contributed by atoms with E-state index in [1.807, 2.05) is 41.5 Å². The second-order valence-electron chi connectivity index (χ2n) is 28.8. The topological polar surface area (TPSA) is 501 Å². The van der Waals surface area contributed by atoms with Gasteiger partial charge < -0.3 is 87.8 Å². The third-order valence-electron chi connectivity index (χ3n) is 17.3. The number of halogens is 1. The summed E-state index contributed by atoms with van der Waals surface area (Å²) in [5.41, 5.74) is 5.73. The molecule has 3 atom stereocenters. The minimum absolute atomic E-state index is 0.0340.